The summed E-state index contributed by atoms with van der Waals surface area (Å²) >= 11 is 3.36. The summed E-state index contributed by atoms with van der Waals surface area (Å²) in [6, 6.07) is 0. The van der Waals surface area contributed by atoms with Crippen LogP contribution in [0.25, 0.3) is 0 Å². The van der Waals surface area contributed by atoms with Crippen molar-refractivity contribution in [2.24, 2.45) is 5.41 Å². The monoisotopic (exact) mass is 292 g/mol. The third-order valence-electron chi connectivity index (χ3n) is 2.67. The van der Waals surface area contributed by atoms with Crippen molar-refractivity contribution in [3.8, 4) is 0 Å². The molecule has 2 atom stereocenters. The van der Waals surface area contributed by atoms with Gasteiger partial charge in [0.1, 0.15) is 11.5 Å². The number of allylic oxidation sites excluding steroid dienone is 1. The third kappa shape index (κ3) is 4.16. The molecule has 0 saturated heterocycles. The van der Waals surface area contributed by atoms with E-state index in [1.165, 1.54) is 0 Å². The maximum atomic E-state index is 11.9. The number of alkyl halides is 1. The van der Waals surface area contributed by atoms with Crippen molar-refractivity contribution in [2.75, 3.05) is 11.9 Å². The topological polar surface area (TPSA) is 35.5 Å². The van der Waals surface area contributed by atoms with E-state index in [0.29, 0.717) is 13.0 Å². The molecule has 0 heterocycles. The lowest BCUT2D eigenvalue weighted by atomic mass is 9.82. The van der Waals surface area contributed by atoms with Gasteiger partial charge in [0.2, 0.25) is 0 Å². The predicted octanol–water partition coefficient (Wildman–Crippen LogP) is 3.28. The quantitative estimate of drug-likeness (QED) is 0.410. The molecule has 0 rings (SSSR count). The van der Waals surface area contributed by atoms with Crippen LogP contribution < -0.4 is 0 Å². The summed E-state index contributed by atoms with van der Waals surface area (Å²) in [5, 5.41) is 0.742. The highest BCUT2D eigenvalue weighted by Gasteiger charge is 2.40. The first kappa shape index (κ1) is 15.5. The minimum absolute atomic E-state index is 0.202. The van der Waals surface area contributed by atoms with Crippen molar-refractivity contribution in [1.82, 2.24) is 0 Å². The molecule has 0 unspecified atom stereocenters. The molecule has 0 aliphatic rings. The summed E-state index contributed by atoms with van der Waals surface area (Å²) in [6.07, 6.45) is 3.89. The van der Waals surface area contributed by atoms with Crippen LogP contribution in [0.4, 0.5) is 0 Å². The normalized spacial score (nSPS) is 16.8. The SMILES string of the molecule is C/C=C\O[C@H](C)[C@@](C)(CCBr)C(=O)OCC. The molecule has 94 valence electrons. The van der Waals surface area contributed by atoms with Crippen LogP contribution in [0.3, 0.4) is 0 Å². The zero-order valence-electron chi connectivity index (χ0n) is 10.5. The molecule has 0 aromatic carbocycles. The number of rotatable bonds is 7. The van der Waals surface area contributed by atoms with Crippen LogP contribution in [0.2, 0.25) is 0 Å². The molecule has 0 fully saturated rings. The van der Waals surface area contributed by atoms with Gasteiger partial charge >= 0.3 is 5.97 Å². The Kier molecular flexibility index (Phi) is 7.47. The van der Waals surface area contributed by atoms with Gasteiger partial charge < -0.3 is 9.47 Å². The van der Waals surface area contributed by atoms with Crippen LogP contribution in [0, 0.1) is 5.41 Å². The van der Waals surface area contributed by atoms with E-state index in [-0.39, 0.29) is 12.1 Å². The minimum atomic E-state index is -0.612. The fourth-order valence-electron chi connectivity index (χ4n) is 1.31. The van der Waals surface area contributed by atoms with Gasteiger partial charge in [0, 0.05) is 5.33 Å². The van der Waals surface area contributed by atoms with E-state index in [4.69, 9.17) is 9.47 Å². The molecule has 0 saturated carbocycles. The van der Waals surface area contributed by atoms with E-state index in [0.717, 1.165) is 5.33 Å². The Balaban J connectivity index is 4.71. The fourth-order valence-corrected chi connectivity index (χ4v) is 2.13. The Morgan fingerprint density at radius 1 is 1.56 bits per heavy atom. The first-order chi connectivity index (χ1) is 7.52. The van der Waals surface area contributed by atoms with Crippen LogP contribution in [-0.2, 0) is 14.3 Å². The number of carbonyl (C=O) groups is 1. The molecule has 0 N–H and O–H groups in total. The van der Waals surface area contributed by atoms with E-state index in [1.807, 2.05) is 27.7 Å². The number of carbonyl (C=O) groups excluding carboxylic acids is 1. The van der Waals surface area contributed by atoms with Gasteiger partial charge in [-0.15, -0.1) is 0 Å². The van der Waals surface area contributed by atoms with Crippen LogP contribution in [-0.4, -0.2) is 24.0 Å². The van der Waals surface area contributed by atoms with E-state index in [9.17, 15) is 4.79 Å². The molecule has 0 aliphatic carbocycles. The third-order valence-corrected chi connectivity index (χ3v) is 3.07. The molecule has 4 heteroatoms. The van der Waals surface area contributed by atoms with Crippen LogP contribution in [0.5, 0.6) is 0 Å². The smallest absolute Gasteiger partial charge is 0.315 e. The summed E-state index contributed by atoms with van der Waals surface area (Å²) in [5.74, 6) is -0.202. The molecule has 0 aromatic heterocycles. The number of ether oxygens (including phenoxy) is 2. The first-order valence-electron chi connectivity index (χ1n) is 5.52. The lowest BCUT2D eigenvalue weighted by molar-refractivity contribution is -0.161. The van der Waals surface area contributed by atoms with Gasteiger partial charge in [0.25, 0.3) is 0 Å². The lowest BCUT2D eigenvalue weighted by Gasteiger charge is -2.31. The van der Waals surface area contributed by atoms with Gasteiger partial charge in [-0.3, -0.25) is 4.79 Å². The summed E-state index contributed by atoms with van der Waals surface area (Å²) in [4.78, 5) is 11.9. The van der Waals surface area contributed by atoms with Crippen molar-refractivity contribution in [3.05, 3.63) is 12.3 Å². The molecular formula is C12H21BrO3. The zero-order chi connectivity index (χ0) is 12.6. The van der Waals surface area contributed by atoms with Crippen LogP contribution in [0.1, 0.15) is 34.1 Å². The van der Waals surface area contributed by atoms with Gasteiger partial charge in [0.15, 0.2) is 0 Å². The average Bonchev–Trinajstić information content (AvgIpc) is 2.26. The van der Waals surface area contributed by atoms with Gasteiger partial charge in [-0.2, -0.15) is 0 Å². The fraction of sp³-hybridized carbons (Fsp3) is 0.750. The van der Waals surface area contributed by atoms with Gasteiger partial charge in [-0.25, -0.2) is 0 Å². The standard InChI is InChI=1S/C12H21BrO3/c1-5-9-16-10(3)12(4,7-8-13)11(14)15-6-2/h5,9-10H,6-8H2,1-4H3/b9-5-/t10-,12-/m1/s1. The van der Waals surface area contributed by atoms with E-state index >= 15 is 0 Å². The van der Waals surface area contributed by atoms with Crippen molar-refractivity contribution in [2.45, 2.75) is 40.2 Å². The highest BCUT2D eigenvalue weighted by molar-refractivity contribution is 9.09. The van der Waals surface area contributed by atoms with Gasteiger partial charge in [-0.1, -0.05) is 22.0 Å². The molecule has 0 radical (unpaired) electrons. The number of esters is 1. The second-order valence-corrected chi connectivity index (χ2v) is 4.62. The highest BCUT2D eigenvalue weighted by Crippen LogP contribution is 2.31. The first-order valence-corrected chi connectivity index (χ1v) is 6.64. The van der Waals surface area contributed by atoms with Gasteiger partial charge in [0.05, 0.1) is 12.9 Å². The van der Waals surface area contributed by atoms with Gasteiger partial charge in [-0.05, 0) is 34.1 Å². The van der Waals surface area contributed by atoms with E-state index < -0.39 is 5.41 Å². The number of halogens is 1. The Labute approximate surface area is 106 Å². The van der Waals surface area contributed by atoms with Crippen molar-refractivity contribution < 1.29 is 14.3 Å². The van der Waals surface area contributed by atoms with E-state index in [1.54, 1.807) is 12.3 Å². The maximum Gasteiger partial charge on any atom is 0.315 e. The average molecular weight is 293 g/mol. The Hall–Kier alpha value is -0.510. The molecule has 0 aromatic rings. The molecule has 3 nitrogen and oxygen atoms in total. The Morgan fingerprint density at radius 3 is 2.62 bits per heavy atom. The summed E-state index contributed by atoms with van der Waals surface area (Å²) in [7, 11) is 0. The Bertz CT molecular complexity index is 240. The molecule has 0 amide bonds. The molecular weight excluding hydrogens is 272 g/mol. The second kappa shape index (κ2) is 7.71. The maximum absolute atomic E-state index is 11.9. The summed E-state index contributed by atoms with van der Waals surface area (Å²) in [5.41, 5.74) is -0.612. The molecule has 0 aliphatic heterocycles. The van der Waals surface area contributed by atoms with Crippen molar-refractivity contribution in [3.63, 3.8) is 0 Å². The summed E-state index contributed by atoms with van der Waals surface area (Å²) < 4.78 is 10.6. The van der Waals surface area contributed by atoms with Crippen LogP contribution >= 0.6 is 15.9 Å². The predicted molar refractivity (Wildman–Crippen MR) is 68.5 cm³/mol. The Morgan fingerprint density at radius 2 is 2.19 bits per heavy atom. The molecule has 0 spiro atoms. The van der Waals surface area contributed by atoms with E-state index in [2.05, 4.69) is 15.9 Å². The summed E-state index contributed by atoms with van der Waals surface area (Å²) in [6.45, 7) is 7.84. The van der Waals surface area contributed by atoms with Crippen LogP contribution in [0.15, 0.2) is 12.3 Å². The lowest BCUT2D eigenvalue weighted by Crippen LogP contribution is -2.41. The largest absolute Gasteiger partial charge is 0.497 e. The van der Waals surface area contributed by atoms with Crippen molar-refractivity contribution >= 4 is 21.9 Å². The zero-order valence-corrected chi connectivity index (χ0v) is 12.0. The van der Waals surface area contributed by atoms with Crippen molar-refractivity contribution in [1.29, 1.82) is 0 Å². The molecule has 0 bridgehead atoms. The minimum Gasteiger partial charge on any atom is -0.497 e. The molecule has 16 heavy (non-hydrogen) atoms. The highest BCUT2D eigenvalue weighted by atomic mass is 79.9. The number of hydrogen-bond acceptors (Lipinski definition) is 3. The second-order valence-electron chi connectivity index (χ2n) is 3.82. The number of hydrogen-bond donors (Lipinski definition) is 0.